The summed E-state index contributed by atoms with van der Waals surface area (Å²) in [6, 6.07) is 13.9. The Morgan fingerprint density at radius 2 is 1.84 bits per heavy atom. The van der Waals surface area contributed by atoms with Crippen LogP contribution in [0.5, 0.6) is 17.2 Å². The molecule has 31 heavy (non-hydrogen) atoms. The minimum Gasteiger partial charge on any atom is -0.496 e. The maximum Gasteiger partial charge on any atom is 0.234 e. The third-order valence-corrected chi connectivity index (χ3v) is 5.76. The molecule has 1 fully saturated rings. The van der Waals surface area contributed by atoms with Gasteiger partial charge in [-0.3, -0.25) is 14.6 Å². The highest BCUT2D eigenvalue weighted by atomic mass is 16.6. The van der Waals surface area contributed by atoms with Crippen LogP contribution in [-0.2, 0) is 11.3 Å². The van der Waals surface area contributed by atoms with Crippen molar-refractivity contribution in [1.82, 2.24) is 15.1 Å². The number of ether oxygens (including phenoxy) is 3. The third kappa shape index (κ3) is 5.68. The summed E-state index contributed by atoms with van der Waals surface area (Å²) in [6.45, 7) is 7.87. The van der Waals surface area contributed by atoms with Gasteiger partial charge in [0.2, 0.25) is 5.91 Å². The lowest BCUT2D eigenvalue weighted by molar-refractivity contribution is -0.123. The van der Waals surface area contributed by atoms with Crippen molar-refractivity contribution in [1.29, 1.82) is 0 Å². The number of carbonyl (C=O) groups excluding carboxylic acids is 1. The highest BCUT2D eigenvalue weighted by Crippen LogP contribution is 2.30. The number of benzene rings is 2. The lowest BCUT2D eigenvalue weighted by atomic mass is 10.1. The van der Waals surface area contributed by atoms with Gasteiger partial charge >= 0.3 is 0 Å². The number of piperazine rings is 1. The maximum absolute atomic E-state index is 12.4. The zero-order valence-electron chi connectivity index (χ0n) is 18.3. The number of carbonyl (C=O) groups is 1. The summed E-state index contributed by atoms with van der Waals surface area (Å²) in [7, 11) is 1.72. The van der Waals surface area contributed by atoms with Crippen LogP contribution in [0, 0.1) is 6.92 Å². The second-order valence-corrected chi connectivity index (χ2v) is 8.17. The topological polar surface area (TPSA) is 63.3 Å². The van der Waals surface area contributed by atoms with Gasteiger partial charge in [-0.2, -0.15) is 0 Å². The van der Waals surface area contributed by atoms with Crippen LogP contribution in [0.4, 0.5) is 0 Å². The van der Waals surface area contributed by atoms with Crippen LogP contribution < -0.4 is 19.5 Å². The summed E-state index contributed by atoms with van der Waals surface area (Å²) in [5.41, 5.74) is 2.45. The van der Waals surface area contributed by atoms with Gasteiger partial charge in [-0.25, -0.2) is 0 Å². The Labute approximate surface area is 183 Å². The maximum atomic E-state index is 12.4. The summed E-state index contributed by atoms with van der Waals surface area (Å²) >= 11 is 0. The first-order valence-corrected chi connectivity index (χ1v) is 10.8. The van der Waals surface area contributed by atoms with E-state index in [0.29, 0.717) is 19.7 Å². The molecule has 1 saturated heterocycles. The Bertz CT molecular complexity index is 896. The highest BCUT2D eigenvalue weighted by molar-refractivity contribution is 5.78. The minimum absolute atomic E-state index is 0.0243. The lowest BCUT2D eigenvalue weighted by Gasteiger charge is -2.34. The number of hydrogen-bond acceptors (Lipinski definition) is 6. The molecule has 0 unspecified atom stereocenters. The Morgan fingerprint density at radius 1 is 1.10 bits per heavy atom. The molecule has 2 aromatic carbocycles. The molecule has 1 atom stereocenters. The van der Waals surface area contributed by atoms with E-state index < -0.39 is 0 Å². The fourth-order valence-electron chi connectivity index (χ4n) is 4.03. The normalized spacial score (nSPS) is 19.1. The number of rotatable bonds is 7. The SMILES string of the molecule is COc1ccc(C)cc1CN1CCN(CC(=O)NC[C@@H]2COc3ccccc3O2)CC1. The smallest absolute Gasteiger partial charge is 0.234 e. The molecule has 4 rings (SSSR count). The molecular formula is C24H31N3O4. The number of methoxy groups -OCH3 is 1. The predicted molar refractivity (Wildman–Crippen MR) is 119 cm³/mol. The van der Waals surface area contributed by atoms with Gasteiger partial charge < -0.3 is 19.5 Å². The number of para-hydroxylation sites is 2. The molecule has 0 spiro atoms. The molecule has 2 aliphatic heterocycles. The van der Waals surface area contributed by atoms with Crippen LogP contribution in [-0.4, -0.2) is 74.8 Å². The monoisotopic (exact) mass is 425 g/mol. The Morgan fingerprint density at radius 3 is 2.61 bits per heavy atom. The number of nitrogens with one attached hydrogen (secondary N) is 1. The van der Waals surface area contributed by atoms with Gasteiger partial charge in [0.05, 0.1) is 20.2 Å². The van der Waals surface area contributed by atoms with Crippen molar-refractivity contribution in [3.05, 3.63) is 53.6 Å². The molecular weight excluding hydrogens is 394 g/mol. The van der Waals surface area contributed by atoms with Gasteiger partial charge in [0, 0.05) is 38.3 Å². The van der Waals surface area contributed by atoms with Gasteiger partial charge in [-0.1, -0.05) is 29.8 Å². The van der Waals surface area contributed by atoms with Crippen molar-refractivity contribution in [3.8, 4) is 17.2 Å². The number of amides is 1. The van der Waals surface area contributed by atoms with E-state index in [0.717, 1.165) is 50.0 Å². The van der Waals surface area contributed by atoms with E-state index in [2.05, 4.69) is 34.2 Å². The molecule has 2 aliphatic rings. The van der Waals surface area contributed by atoms with E-state index in [1.807, 2.05) is 30.3 Å². The van der Waals surface area contributed by atoms with Crippen molar-refractivity contribution in [3.63, 3.8) is 0 Å². The first-order valence-electron chi connectivity index (χ1n) is 10.8. The molecule has 0 saturated carbocycles. The molecule has 1 amide bonds. The van der Waals surface area contributed by atoms with Crippen molar-refractivity contribution >= 4 is 5.91 Å². The molecule has 0 bridgehead atoms. The molecule has 2 heterocycles. The minimum atomic E-state index is -0.167. The van der Waals surface area contributed by atoms with Gasteiger partial charge in [0.15, 0.2) is 11.5 Å². The van der Waals surface area contributed by atoms with E-state index >= 15 is 0 Å². The van der Waals surface area contributed by atoms with Gasteiger partial charge in [-0.15, -0.1) is 0 Å². The first-order chi connectivity index (χ1) is 15.1. The van der Waals surface area contributed by atoms with E-state index in [4.69, 9.17) is 14.2 Å². The molecule has 2 aromatic rings. The molecule has 0 radical (unpaired) electrons. The Kier molecular flexibility index (Phi) is 6.94. The van der Waals surface area contributed by atoms with Crippen molar-refractivity contribution in [2.24, 2.45) is 0 Å². The largest absolute Gasteiger partial charge is 0.496 e. The fourth-order valence-corrected chi connectivity index (χ4v) is 4.03. The molecule has 7 heteroatoms. The Hall–Kier alpha value is -2.77. The van der Waals surface area contributed by atoms with E-state index in [9.17, 15) is 4.79 Å². The standard InChI is InChI=1S/C24H31N3O4/c1-18-7-8-21(29-2)19(13-18)15-26-9-11-27(12-10-26)16-24(28)25-14-20-17-30-22-5-3-4-6-23(22)31-20/h3-8,13,20H,9-12,14-17H2,1-2H3,(H,25,28)/t20-/m1/s1. The van der Waals surface area contributed by atoms with Crippen molar-refractivity contribution in [2.75, 3.05) is 53.0 Å². The van der Waals surface area contributed by atoms with Crippen LogP contribution in [0.3, 0.4) is 0 Å². The summed E-state index contributed by atoms with van der Waals surface area (Å²) in [5.74, 6) is 2.45. The third-order valence-electron chi connectivity index (χ3n) is 5.76. The van der Waals surface area contributed by atoms with Gasteiger partial charge in [0.25, 0.3) is 0 Å². The number of aryl methyl sites for hydroxylation is 1. The molecule has 166 valence electrons. The summed E-state index contributed by atoms with van der Waals surface area (Å²) in [5, 5.41) is 2.99. The predicted octanol–water partition coefficient (Wildman–Crippen LogP) is 2.08. The van der Waals surface area contributed by atoms with E-state index in [-0.39, 0.29) is 12.0 Å². The fraction of sp³-hybridized carbons (Fsp3) is 0.458. The van der Waals surface area contributed by atoms with E-state index in [1.54, 1.807) is 7.11 Å². The van der Waals surface area contributed by atoms with Crippen LogP contribution in [0.25, 0.3) is 0 Å². The second-order valence-electron chi connectivity index (χ2n) is 8.17. The highest BCUT2D eigenvalue weighted by Gasteiger charge is 2.23. The second kappa shape index (κ2) is 10.0. The van der Waals surface area contributed by atoms with Crippen molar-refractivity contribution < 1.29 is 19.0 Å². The van der Waals surface area contributed by atoms with Crippen LogP contribution >= 0.6 is 0 Å². The van der Waals surface area contributed by atoms with Crippen LogP contribution in [0.15, 0.2) is 42.5 Å². The average molecular weight is 426 g/mol. The molecule has 0 aliphatic carbocycles. The van der Waals surface area contributed by atoms with Crippen molar-refractivity contribution in [2.45, 2.75) is 19.6 Å². The van der Waals surface area contributed by atoms with Crippen LogP contribution in [0.1, 0.15) is 11.1 Å². The quantitative estimate of drug-likeness (QED) is 0.733. The van der Waals surface area contributed by atoms with Gasteiger partial charge in [0.1, 0.15) is 18.5 Å². The summed E-state index contributed by atoms with van der Waals surface area (Å²) < 4.78 is 17.1. The van der Waals surface area contributed by atoms with E-state index in [1.165, 1.54) is 11.1 Å². The zero-order chi connectivity index (χ0) is 21.6. The average Bonchev–Trinajstić information content (AvgIpc) is 2.79. The number of hydrogen-bond donors (Lipinski definition) is 1. The summed E-state index contributed by atoms with van der Waals surface area (Å²) in [4.78, 5) is 17.0. The first kappa shape index (κ1) is 21.5. The molecule has 7 nitrogen and oxygen atoms in total. The number of fused-ring (bicyclic) bond motifs is 1. The van der Waals surface area contributed by atoms with Crippen LogP contribution in [0.2, 0.25) is 0 Å². The Balaban J connectivity index is 1.18. The number of nitrogens with zero attached hydrogens (tertiary/aromatic N) is 2. The zero-order valence-corrected chi connectivity index (χ0v) is 18.3. The molecule has 1 N–H and O–H groups in total. The lowest BCUT2D eigenvalue weighted by Crippen LogP contribution is -2.50. The summed E-state index contributed by atoms with van der Waals surface area (Å²) in [6.07, 6.45) is -0.167. The molecule has 0 aromatic heterocycles. The van der Waals surface area contributed by atoms with Gasteiger partial charge in [-0.05, 0) is 25.1 Å².